The van der Waals surface area contributed by atoms with Gasteiger partial charge in [-0.3, -0.25) is 0 Å². The predicted octanol–water partition coefficient (Wildman–Crippen LogP) is 2.01. The Kier molecular flexibility index (Phi) is 8.58. The van der Waals surface area contributed by atoms with E-state index < -0.39 is 0 Å². The van der Waals surface area contributed by atoms with Crippen LogP contribution in [0.3, 0.4) is 0 Å². The van der Waals surface area contributed by atoms with E-state index in [1.54, 1.807) is 7.11 Å². The highest BCUT2D eigenvalue weighted by Gasteiger charge is 2.21. The van der Waals surface area contributed by atoms with Gasteiger partial charge in [-0.25, -0.2) is 4.79 Å². The molecule has 0 unspecified atom stereocenters. The smallest absolute Gasteiger partial charge is 0.317 e. The van der Waals surface area contributed by atoms with Crippen LogP contribution in [-0.4, -0.2) is 57.0 Å². The molecule has 2 fully saturated rings. The van der Waals surface area contributed by atoms with Crippen LogP contribution >= 0.6 is 0 Å². The third kappa shape index (κ3) is 6.78. The molecule has 1 aliphatic carbocycles. The first-order valence-electron chi connectivity index (χ1n) is 7.40. The van der Waals surface area contributed by atoms with Gasteiger partial charge in [0.05, 0.1) is 13.2 Å². The van der Waals surface area contributed by atoms with Gasteiger partial charge < -0.3 is 19.7 Å². The lowest BCUT2D eigenvalue weighted by Gasteiger charge is -2.30. The van der Waals surface area contributed by atoms with Crippen molar-refractivity contribution >= 4 is 6.03 Å². The van der Waals surface area contributed by atoms with Gasteiger partial charge in [0.25, 0.3) is 0 Å². The average molecular weight is 272 g/mol. The average Bonchev–Trinajstić information content (AvgIpc) is 2.49. The van der Waals surface area contributed by atoms with Gasteiger partial charge in [0.2, 0.25) is 0 Å². The largest absolute Gasteiger partial charge is 0.385 e. The van der Waals surface area contributed by atoms with Crippen LogP contribution in [-0.2, 0) is 9.47 Å². The highest BCUT2D eigenvalue weighted by Crippen LogP contribution is 2.17. The molecule has 2 rings (SSSR count). The maximum absolute atomic E-state index is 11.8. The van der Waals surface area contributed by atoms with E-state index >= 15 is 0 Å². The molecule has 0 radical (unpaired) electrons. The van der Waals surface area contributed by atoms with Crippen molar-refractivity contribution in [3.63, 3.8) is 0 Å². The normalized spacial score (nSPS) is 20.4. The first kappa shape index (κ1) is 16.2. The summed E-state index contributed by atoms with van der Waals surface area (Å²) in [6, 6.07) is 0.513. The van der Waals surface area contributed by atoms with Crippen LogP contribution < -0.4 is 5.32 Å². The SMILES string of the molecule is CCOC.O=C(NC1CCCCC1)N1CCOCC1. The Balaban J connectivity index is 0.000000399. The van der Waals surface area contributed by atoms with Crippen LogP contribution in [0, 0.1) is 0 Å². The summed E-state index contributed by atoms with van der Waals surface area (Å²) in [5.74, 6) is 0. The molecule has 19 heavy (non-hydrogen) atoms. The van der Waals surface area contributed by atoms with Gasteiger partial charge in [-0.15, -0.1) is 0 Å². The molecule has 1 saturated heterocycles. The topological polar surface area (TPSA) is 50.8 Å². The molecule has 0 aromatic carbocycles. The van der Waals surface area contributed by atoms with Crippen LogP contribution in [0.1, 0.15) is 39.0 Å². The van der Waals surface area contributed by atoms with Crippen LogP contribution in [0.5, 0.6) is 0 Å². The lowest BCUT2D eigenvalue weighted by molar-refractivity contribution is 0.0521. The van der Waals surface area contributed by atoms with Gasteiger partial charge in [0.1, 0.15) is 0 Å². The number of ether oxygens (including phenoxy) is 2. The zero-order valence-corrected chi connectivity index (χ0v) is 12.3. The zero-order chi connectivity index (χ0) is 13.9. The van der Waals surface area contributed by atoms with E-state index in [9.17, 15) is 4.79 Å². The van der Waals surface area contributed by atoms with Gasteiger partial charge in [0, 0.05) is 32.8 Å². The van der Waals surface area contributed by atoms with Crippen molar-refractivity contribution in [1.29, 1.82) is 0 Å². The number of carbonyl (C=O) groups excluding carboxylic acids is 1. The van der Waals surface area contributed by atoms with E-state index in [1.807, 2.05) is 11.8 Å². The second kappa shape index (κ2) is 10.0. The summed E-state index contributed by atoms with van der Waals surface area (Å²) in [4.78, 5) is 13.7. The molecule has 5 nitrogen and oxygen atoms in total. The Bertz CT molecular complexity index is 235. The molecule has 1 N–H and O–H groups in total. The number of rotatable bonds is 2. The quantitative estimate of drug-likeness (QED) is 0.836. The van der Waals surface area contributed by atoms with E-state index in [0.717, 1.165) is 32.5 Å². The maximum atomic E-state index is 11.8. The number of morpholine rings is 1. The number of nitrogens with zero attached hydrogens (tertiary/aromatic N) is 1. The van der Waals surface area contributed by atoms with Gasteiger partial charge in [-0.1, -0.05) is 19.3 Å². The lowest BCUT2D eigenvalue weighted by Crippen LogP contribution is -2.49. The molecule has 112 valence electrons. The van der Waals surface area contributed by atoms with Gasteiger partial charge >= 0.3 is 6.03 Å². The van der Waals surface area contributed by atoms with Crippen molar-refractivity contribution in [2.75, 3.05) is 40.0 Å². The molecule has 5 heteroatoms. The summed E-state index contributed by atoms with van der Waals surface area (Å²) in [5, 5.41) is 3.12. The summed E-state index contributed by atoms with van der Waals surface area (Å²) >= 11 is 0. The summed E-state index contributed by atoms with van der Waals surface area (Å²) in [5.41, 5.74) is 0. The number of methoxy groups -OCH3 is 1. The van der Waals surface area contributed by atoms with Crippen LogP contribution in [0.25, 0.3) is 0 Å². The third-order valence-electron chi connectivity index (χ3n) is 3.52. The number of hydrogen-bond donors (Lipinski definition) is 1. The minimum atomic E-state index is 0.102. The van der Waals surface area contributed by atoms with Crippen molar-refractivity contribution in [2.45, 2.75) is 45.1 Å². The first-order valence-corrected chi connectivity index (χ1v) is 7.40. The second-order valence-corrected chi connectivity index (χ2v) is 4.96. The Morgan fingerprint density at radius 2 is 1.84 bits per heavy atom. The highest BCUT2D eigenvalue weighted by atomic mass is 16.5. The molecule has 1 heterocycles. The monoisotopic (exact) mass is 272 g/mol. The molecule has 0 spiro atoms. The molecule has 2 aliphatic rings. The fourth-order valence-electron chi connectivity index (χ4n) is 2.28. The van der Waals surface area contributed by atoms with E-state index in [4.69, 9.17) is 4.74 Å². The molecule has 0 bridgehead atoms. The zero-order valence-electron chi connectivity index (χ0n) is 12.3. The molecule has 0 aromatic heterocycles. The fraction of sp³-hybridized carbons (Fsp3) is 0.929. The number of amides is 2. The van der Waals surface area contributed by atoms with Gasteiger partial charge in [-0.05, 0) is 19.8 Å². The summed E-state index contributed by atoms with van der Waals surface area (Å²) < 4.78 is 9.76. The Morgan fingerprint density at radius 1 is 1.26 bits per heavy atom. The van der Waals surface area contributed by atoms with Gasteiger partial charge in [-0.2, -0.15) is 0 Å². The second-order valence-electron chi connectivity index (χ2n) is 4.96. The van der Waals surface area contributed by atoms with E-state index in [0.29, 0.717) is 19.3 Å². The summed E-state index contributed by atoms with van der Waals surface area (Å²) in [6.07, 6.45) is 6.14. The summed E-state index contributed by atoms with van der Waals surface area (Å²) in [6.45, 7) is 5.60. The Morgan fingerprint density at radius 3 is 2.37 bits per heavy atom. The van der Waals surface area contributed by atoms with E-state index in [1.165, 1.54) is 19.3 Å². The molecule has 1 aliphatic heterocycles. The Hall–Kier alpha value is -0.810. The van der Waals surface area contributed by atoms with Crippen LogP contribution in [0.2, 0.25) is 0 Å². The molecule has 1 saturated carbocycles. The first-order chi connectivity index (χ1) is 9.27. The third-order valence-corrected chi connectivity index (χ3v) is 3.52. The number of urea groups is 1. The highest BCUT2D eigenvalue weighted by molar-refractivity contribution is 5.74. The maximum Gasteiger partial charge on any atom is 0.317 e. The predicted molar refractivity (Wildman–Crippen MR) is 75.3 cm³/mol. The molecule has 0 atom stereocenters. The van der Waals surface area contributed by atoms with Crippen molar-refractivity contribution in [1.82, 2.24) is 10.2 Å². The number of hydrogen-bond acceptors (Lipinski definition) is 3. The lowest BCUT2D eigenvalue weighted by atomic mass is 9.96. The minimum Gasteiger partial charge on any atom is -0.385 e. The van der Waals surface area contributed by atoms with E-state index in [-0.39, 0.29) is 6.03 Å². The van der Waals surface area contributed by atoms with Gasteiger partial charge in [0.15, 0.2) is 0 Å². The van der Waals surface area contributed by atoms with Crippen molar-refractivity contribution in [2.24, 2.45) is 0 Å². The van der Waals surface area contributed by atoms with Crippen molar-refractivity contribution in [3.8, 4) is 0 Å². The Labute approximate surface area is 116 Å². The molecular weight excluding hydrogens is 244 g/mol. The molecule has 2 amide bonds. The van der Waals surface area contributed by atoms with E-state index in [2.05, 4.69) is 10.1 Å². The fourth-order valence-corrected chi connectivity index (χ4v) is 2.28. The number of carbonyl (C=O) groups is 1. The standard InChI is InChI=1S/C11H20N2O2.C3H8O/c14-11(13-6-8-15-9-7-13)12-10-4-2-1-3-5-10;1-3-4-2/h10H,1-9H2,(H,12,14);3H2,1-2H3. The minimum absolute atomic E-state index is 0.102. The van der Waals surface area contributed by atoms with Crippen LogP contribution in [0.15, 0.2) is 0 Å². The van der Waals surface area contributed by atoms with Crippen molar-refractivity contribution < 1.29 is 14.3 Å². The molecule has 0 aromatic rings. The molecular formula is C14H28N2O3. The summed E-state index contributed by atoms with van der Waals surface area (Å²) in [7, 11) is 1.68. The van der Waals surface area contributed by atoms with Crippen molar-refractivity contribution in [3.05, 3.63) is 0 Å². The van der Waals surface area contributed by atoms with Crippen LogP contribution in [0.4, 0.5) is 4.79 Å². The number of nitrogens with one attached hydrogen (secondary N) is 1.